The number of hydrogen-bond donors (Lipinski definition) is 0. The molecule has 92 valence electrons. The maximum Gasteiger partial charge on any atom is 0.312 e. The smallest absolute Gasteiger partial charge is 0.312 e. The number of ether oxygens (including phenoxy) is 2. The highest BCUT2D eigenvalue weighted by Crippen LogP contribution is 2.39. The molecule has 0 atom stereocenters. The van der Waals surface area contributed by atoms with E-state index in [1.54, 1.807) is 14.0 Å². The molecule has 0 amide bonds. The lowest BCUT2D eigenvalue weighted by molar-refractivity contribution is -0.159. The summed E-state index contributed by atoms with van der Waals surface area (Å²) in [6.07, 6.45) is 2.84. The summed E-state index contributed by atoms with van der Waals surface area (Å²) in [5.74, 6) is 0.0805. The van der Waals surface area contributed by atoms with E-state index in [1.165, 1.54) is 0 Å². The van der Waals surface area contributed by atoms with Crippen molar-refractivity contribution in [3.8, 4) is 0 Å². The van der Waals surface area contributed by atoms with Crippen molar-refractivity contribution in [3.05, 3.63) is 0 Å². The first-order chi connectivity index (χ1) is 7.64. The Morgan fingerprint density at radius 1 is 1.38 bits per heavy atom. The molecule has 0 aliphatic heterocycles. The van der Waals surface area contributed by atoms with Crippen LogP contribution in [0.1, 0.15) is 39.0 Å². The average molecular weight is 228 g/mol. The molecule has 0 saturated heterocycles. The van der Waals surface area contributed by atoms with E-state index >= 15 is 0 Å². The molecule has 4 heteroatoms. The molecule has 0 N–H and O–H groups in total. The lowest BCUT2D eigenvalue weighted by Gasteiger charge is -2.34. The van der Waals surface area contributed by atoms with E-state index in [0.717, 1.165) is 0 Å². The zero-order valence-corrected chi connectivity index (χ0v) is 10.1. The Kier molecular flexibility index (Phi) is 4.93. The Morgan fingerprint density at radius 3 is 2.50 bits per heavy atom. The van der Waals surface area contributed by atoms with Crippen molar-refractivity contribution >= 4 is 11.8 Å². The minimum absolute atomic E-state index is 0.167. The molecule has 16 heavy (non-hydrogen) atoms. The Bertz CT molecular complexity index is 250. The van der Waals surface area contributed by atoms with Crippen LogP contribution in [-0.4, -0.2) is 32.1 Å². The molecule has 0 aromatic rings. The minimum Gasteiger partial charge on any atom is -0.466 e. The van der Waals surface area contributed by atoms with Gasteiger partial charge >= 0.3 is 5.97 Å². The van der Waals surface area contributed by atoms with Crippen LogP contribution in [0.3, 0.4) is 0 Å². The first-order valence-corrected chi connectivity index (χ1v) is 5.82. The first kappa shape index (κ1) is 13.2. The van der Waals surface area contributed by atoms with E-state index in [4.69, 9.17) is 9.47 Å². The van der Waals surface area contributed by atoms with Crippen LogP contribution >= 0.6 is 0 Å². The number of rotatable bonds is 5. The Hall–Kier alpha value is -0.900. The minimum atomic E-state index is -0.486. The highest BCUT2D eigenvalue weighted by atomic mass is 16.5. The summed E-state index contributed by atoms with van der Waals surface area (Å²) in [7, 11) is 1.62. The largest absolute Gasteiger partial charge is 0.466 e. The molecule has 0 unspecified atom stereocenters. The highest BCUT2D eigenvalue weighted by Gasteiger charge is 2.42. The van der Waals surface area contributed by atoms with Crippen LogP contribution in [0.4, 0.5) is 0 Å². The van der Waals surface area contributed by atoms with E-state index < -0.39 is 5.41 Å². The van der Waals surface area contributed by atoms with Gasteiger partial charge < -0.3 is 9.47 Å². The third-order valence-corrected chi connectivity index (χ3v) is 3.26. The van der Waals surface area contributed by atoms with E-state index in [9.17, 15) is 9.59 Å². The molecule has 4 nitrogen and oxygen atoms in total. The molecular formula is C12H20O4. The van der Waals surface area contributed by atoms with Crippen molar-refractivity contribution in [1.82, 2.24) is 0 Å². The van der Waals surface area contributed by atoms with Gasteiger partial charge in [-0.15, -0.1) is 0 Å². The Morgan fingerprint density at radius 2 is 2.00 bits per heavy atom. The molecule has 1 saturated carbocycles. The van der Waals surface area contributed by atoms with Gasteiger partial charge in [0.05, 0.1) is 12.0 Å². The average Bonchev–Trinajstić information content (AvgIpc) is 2.29. The second-order valence-corrected chi connectivity index (χ2v) is 4.28. The predicted octanol–water partition coefficient (Wildman–Crippen LogP) is 1.72. The number of Topliss-reactive ketones (excluding diaryl/α,β-unsaturated/α-hetero) is 1. The standard InChI is InChI=1S/C12H20O4/c1-3-16-11(14)12(8-9-15-2)6-4-10(13)5-7-12/h3-9H2,1-2H3. The summed E-state index contributed by atoms with van der Waals surface area (Å²) in [5, 5.41) is 0. The van der Waals surface area contributed by atoms with Gasteiger partial charge in [-0.2, -0.15) is 0 Å². The van der Waals surface area contributed by atoms with Crippen molar-refractivity contribution in [2.45, 2.75) is 39.0 Å². The Balaban J connectivity index is 2.68. The van der Waals surface area contributed by atoms with Crippen molar-refractivity contribution < 1.29 is 19.1 Å². The van der Waals surface area contributed by atoms with Gasteiger partial charge in [0, 0.05) is 26.6 Å². The fourth-order valence-electron chi connectivity index (χ4n) is 2.15. The molecule has 0 radical (unpaired) electrons. The maximum absolute atomic E-state index is 11.9. The molecule has 0 heterocycles. The molecule has 1 rings (SSSR count). The third kappa shape index (κ3) is 3.04. The maximum atomic E-state index is 11.9. The van der Waals surface area contributed by atoms with Crippen LogP contribution < -0.4 is 0 Å². The summed E-state index contributed by atoms with van der Waals surface area (Å²) in [6.45, 7) is 2.73. The molecule has 0 bridgehead atoms. The van der Waals surface area contributed by atoms with E-state index in [2.05, 4.69) is 0 Å². The highest BCUT2D eigenvalue weighted by molar-refractivity contribution is 5.84. The molecule has 1 aliphatic rings. The van der Waals surface area contributed by atoms with Gasteiger partial charge in [-0.3, -0.25) is 9.59 Å². The van der Waals surface area contributed by atoms with Crippen molar-refractivity contribution in [2.75, 3.05) is 20.3 Å². The molecular weight excluding hydrogens is 208 g/mol. The summed E-state index contributed by atoms with van der Waals surface area (Å²) in [4.78, 5) is 23.2. The SMILES string of the molecule is CCOC(=O)C1(CCOC)CCC(=O)CC1. The lowest BCUT2D eigenvalue weighted by atomic mass is 9.71. The number of ketones is 1. The van der Waals surface area contributed by atoms with E-state index in [1.807, 2.05) is 0 Å². The van der Waals surface area contributed by atoms with Crippen LogP contribution in [-0.2, 0) is 19.1 Å². The zero-order valence-electron chi connectivity index (χ0n) is 10.1. The summed E-state index contributed by atoms with van der Waals surface area (Å²) in [5.41, 5.74) is -0.486. The molecule has 0 spiro atoms. The second kappa shape index (κ2) is 5.99. The topological polar surface area (TPSA) is 52.6 Å². The molecule has 1 fully saturated rings. The van der Waals surface area contributed by atoms with Gasteiger partial charge in [-0.25, -0.2) is 0 Å². The van der Waals surface area contributed by atoms with Crippen LogP contribution in [0.5, 0.6) is 0 Å². The molecule has 0 aromatic carbocycles. The van der Waals surface area contributed by atoms with Gasteiger partial charge in [-0.05, 0) is 26.2 Å². The van der Waals surface area contributed by atoms with Gasteiger partial charge in [-0.1, -0.05) is 0 Å². The van der Waals surface area contributed by atoms with Crippen LogP contribution in [0.15, 0.2) is 0 Å². The van der Waals surface area contributed by atoms with Crippen LogP contribution in [0.25, 0.3) is 0 Å². The number of carbonyl (C=O) groups excluding carboxylic acids is 2. The lowest BCUT2D eigenvalue weighted by Crippen LogP contribution is -2.38. The number of methoxy groups -OCH3 is 1. The third-order valence-electron chi connectivity index (χ3n) is 3.26. The van der Waals surface area contributed by atoms with Crippen molar-refractivity contribution in [1.29, 1.82) is 0 Å². The number of hydrogen-bond acceptors (Lipinski definition) is 4. The second-order valence-electron chi connectivity index (χ2n) is 4.28. The van der Waals surface area contributed by atoms with Crippen molar-refractivity contribution in [2.24, 2.45) is 5.41 Å². The van der Waals surface area contributed by atoms with Gasteiger partial charge in [0.2, 0.25) is 0 Å². The van der Waals surface area contributed by atoms with Gasteiger partial charge in [0.1, 0.15) is 5.78 Å². The monoisotopic (exact) mass is 228 g/mol. The first-order valence-electron chi connectivity index (χ1n) is 5.82. The summed E-state index contributed by atoms with van der Waals surface area (Å²) < 4.78 is 10.1. The van der Waals surface area contributed by atoms with Gasteiger partial charge in [0.25, 0.3) is 0 Å². The summed E-state index contributed by atoms with van der Waals surface area (Å²) >= 11 is 0. The molecule has 0 aromatic heterocycles. The number of esters is 1. The van der Waals surface area contributed by atoms with E-state index in [0.29, 0.717) is 45.3 Å². The van der Waals surface area contributed by atoms with Crippen LogP contribution in [0.2, 0.25) is 0 Å². The normalized spacial score (nSPS) is 19.5. The Labute approximate surface area is 96.3 Å². The quantitative estimate of drug-likeness (QED) is 0.672. The van der Waals surface area contributed by atoms with Crippen LogP contribution in [0, 0.1) is 5.41 Å². The van der Waals surface area contributed by atoms with Gasteiger partial charge in [0.15, 0.2) is 0 Å². The number of carbonyl (C=O) groups is 2. The summed E-state index contributed by atoms with van der Waals surface area (Å²) in [6, 6.07) is 0. The van der Waals surface area contributed by atoms with E-state index in [-0.39, 0.29) is 11.8 Å². The fourth-order valence-corrected chi connectivity index (χ4v) is 2.15. The fraction of sp³-hybridized carbons (Fsp3) is 0.833. The predicted molar refractivity (Wildman–Crippen MR) is 59.0 cm³/mol. The van der Waals surface area contributed by atoms with Crippen molar-refractivity contribution in [3.63, 3.8) is 0 Å². The molecule has 1 aliphatic carbocycles. The zero-order chi connectivity index (χ0) is 12.0.